The standard InChI is InChI=1S/C23H29N5O3/c29-23(24-19-8-10-20(11-9-19)26-12-4-1-5-13-26)18-25-14-16-27(17-15-25)21-6-2-3-7-22(21)28(30)31/h2-3,6-11H,1,4-5,12-18H2,(H,24,29). The molecule has 164 valence electrons. The number of anilines is 3. The highest BCUT2D eigenvalue weighted by molar-refractivity contribution is 5.92. The summed E-state index contributed by atoms with van der Waals surface area (Å²) in [5.74, 6) is -0.0372. The lowest BCUT2D eigenvalue weighted by Gasteiger charge is -2.35. The van der Waals surface area contributed by atoms with E-state index in [-0.39, 0.29) is 16.5 Å². The van der Waals surface area contributed by atoms with Gasteiger partial charge in [0.05, 0.1) is 11.5 Å². The van der Waals surface area contributed by atoms with Gasteiger partial charge in [-0.25, -0.2) is 0 Å². The molecule has 2 aromatic rings. The van der Waals surface area contributed by atoms with Crippen LogP contribution >= 0.6 is 0 Å². The fraction of sp³-hybridized carbons (Fsp3) is 0.435. The Kier molecular flexibility index (Phi) is 6.66. The number of para-hydroxylation sites is 2. The maximum atomic E-state index is 12.5. The van der Waals surface area contributed by atoms with Gasteiger partial charge in [0.25, 0.3) is 5.69 Å². The van der Waals surface area contributed by atoms with E-state index < -0.39 is 0 Å². The van der Waals surface area contributed by atoms with Crippen LogP contribution < -0.4 is 15.1 Å². The summed E-state index contributed by atoms with van der Waals surface area (Å²) in [5.41, 5.74) is 2.79. The van der Waals surface area contributed by atoms with Gasteiger partial charge in [0.15, 0.2) is 0 Å². The lowest BCUT2D eigenvalue weighted by molar-refractivity contribution is -0.384. The zero-order valence-corrected chi connectivity index (χ0v) is 17.7. The topological polar surface area (TPSA) is 82.0 Å². The summed E-state index contributed by atoms with van der Waals surface area (Å²) >= 11 is 0. The Balaban J connectivity index is 1.26. The first-order valence-electron chi connectivity index (χ1n) is 11.0. The Morgan fingerprint density at radius 1 is 0.871 bits per heavy atom. The number of nitrogens with zero attached hydrogens (tertiary/aromatic N) is 4. The van der Waals surface area contributed by atoms with Crippen LogP contribution in [0, 0.1) is 10.1 Å². The van der Waals surface area contributed by atoms with Crippen molar-refractivity contribution < 1.29 is 9.72 Å². The Labute approximate surface area is 182 Å². The first-order valence-corrected chi connectivity index (χ1v) is 11.0. The van der Waals surface area contributed by atoms with Crippen molar-refractivity contribution in [2.24, 2.45) is 0 Å². The van der Waals surface area contributed by atoms with Crippen LogP contribution in [0.1, 0.15) is 19.3 Å². The number of carbonyl (C=O) groups excluding carboxylic acids is 1. The molecule has 0 saturated carbocycles. The number of hydrogen-bond donors (Lipinski definition) is 1. The molecule has 0 unspecified atom stereocenters. The van der Waals surface area contributed by atoms with Crippen LogP contribution in [0.2, 0.25) is 0 Å². The van der Waals surface area contributed by atoms with E-state index in [2.05, 4.69) is 27.2 Å². The molecule has 4 rings (SSSR count). The van der Waals surface area contributed by atoms with Gasteiger partial charge in [0, 0.05) is 56.7 Å². The quantitative estimate of drug-likeness (QED) is 0.567. The molecule has 2 heterocycles. The molecule has 2 aromatic carbocycles. The van der Waals surface area contributed by atoms with Crippen LogP contribution in [-0.2, 0) is 4.79 Å². The smallest absolute Gasteiger partial charge is 0.292 e. The molecule has 8 heteroatoms. The highest BCUT2D eigenvalue weighted by atomic mass is 16.6. The predicted octanol–water partition coefficient (Wildman–Crippen LogP) is 3.35. The van der Waals surface area contributed by atoms with Gasteiger partial charge >= 0.3 is 0 Å². The van der Waals surface area contributed by atoms with Crippen LogP contribution in [0.3, 0.4) is 0 Å². The van der Waals surface area contributed by atoms with Gasteiger partial charge in [0.2, 0.25) is 5.91 Å². The van der Waals surface area contributed by atoms with Crippen molar-refractivity contribution in [3.8, 4) is 0 Å². The van der Waals surface area contributed by atoms with Gasteiger partial charge in [-0.15, -0.1) is 0 Å². The molecule has 1 amide bonds. The summed E-state index contributed by atoms with van der Waals surface area (Å²) < 4.78 is 0. The SMILES string of the molecule is O=C(CN1CCN(c2ccccc2[N+](=O)[O-])CC1)Nc1ccc(N2CCCCC2)cc1. The number of amides is 1. The lowest BCUT2D eigenvalue weighted by Crippen LogP contribution is -2.48. The number of nitrogens with one attached hydrogen (secondary N) is 1. The van der Waals surface area contributed by atoms with Crippen molar-refractivity contribution >= 4 is 28.7 Å². The van der Waals surface area contributed by atoms with E-state index in [0.29, 0.717) is 38.4 Å². The average molecular weight is 424 g/mol. The number of piperidine rings is 1. The number of piperazine rings is 1. The Bertz CT molecular complexity index is 904. The number of nitro groups is 1. The number of benzene rings is 2. The minimum absolute atomic E-state index is 0.0372. The van der Waals surface area contributed by atoms with Crippen molar-refractivity contribution in [3.05, 3.63) is 58.6 Å². The molecule has 2 aliphatic heterocycles. The van der Waals surface area contributed by atoms with E-state index in [1.54, 1.807) is 12.1 Å². The minimum atomic E-state index is -0.342. The molecule has 2 saturated heterocycles. The summed E-state index contributed by atoms with van der Waals surface area (Å²) in [6, 6.07) is 14.9. The molecule has 0 spiro atoms. The zero-order chi connectivity index (χ0) is 21.6. The van der Waals surface area contributed by atoms with E-state index in [0.717, 1.165) is 18.8 Å². The maximum Gasteiger partial charge on any atom is 0.292 e. The zero-order valence-electron chi connectivity index (χ0n) is 17.7. The van der Waals surface area contributed by atoms with Crippen molar-refractivity contribution in [3.63, 3.8) is 0 Å². The largest absolute Gasteiger partial charge is 0.372 e. The summed E-state index contributed by atoms with van der Waals surface area (Å²) in [7, 11) is 0. The molecule has 0 aromatic heterocycles. The number of nitro benzene ring substituents is 1. The van der Waals surface area contributed by atoms with Gasteiger partial charge in [-0.2, -0.15) is 0 Å². The number of carbonyl (C=O) groups is 1. The van der Waals surface area contributed by atoms with Gasteiger partial charge in [-0.3, -0.25) is 19.8 Å². The van der Waals surface area contributed by atoms with Crippen molar-refractivity contribution in [2.45, 2.75) is 19.3 Å². The number of hydrogen-bond acceptors (Lipinski definition) is 6. The summed E-state index contributed by atoms with van der Waals surface area (Å²) in [6.07, 6.45) is 3.79. The van der Waals surface area contributed by atoms with E-state index in [1.165, 1.54) is 31.0 Å². The monoisotopic (exact) mass is 423 g/mol. The Morgan fingerprint density at radius 3 is 2.23 bits per heavy atom. The third-order valence-electron chi connectivity index (χ3n) is 6.03. The van der Waals surface area contributed by atoms with Crippen LogP contribution in [-0.4, -0.2) is 61.5 Å². The summed E-state index contributed by atoms with van der Waals surface area (Å²) in [4.78, 5) is 29.9. The molecule has 0 aliphatic carbocycles. The molecule has 1 N–H and O–H groups in total. The molecule has 0 radical (unpaired) electrons. The normalized spacial score (nSPS) is 17.4. The third-order valence-corrected chi connectivity index (χ3v) is 6.03. The first-order chi connectivity index (χ1) is 15.1. The third kappa shape index (κ3) is 5.32. The fourth-order valence-electron chi connectivity index (χ4n) is 4.34. The first kappa shape index (κ1) is 21.1. The van der Waals surface area contributed by atoms with Gasteiger partial charge in [-0.05, 0) is 49.6 Å². The summed E-state index contributed by atoms with van der Waals surface area (Å²) in [6.45, 7) is 5.21. The van der Waals surface area contributed by atoms with E-state index in [1.807, 2.05) is 23.1 Å². The van der Waals surface area contributed by atoms with Crippen molar-refractivity contribution in [1.29, 1.82) is 0 Å². The average Bonchev–Trinajstić information content (AvgIpc) is 2.80. The molecular weight excluding hydrogens is 394 g/mol. The Hall–Kier alpha value is -3.13. The number of rotatable bonds is 6. The maximum absolute atomic E-state index is 12.5. The molecule has 2 fully saturated rings. The fourth-order valence-corrected chi connectivity index (χ4v) is 4.34. The highest BCUT2D eigenvalue weighted by Gasteiger charge is 2.24. The van der Waals surface area contributed by atoms with Gasteiger partial charge in [0.1, 0.15) is 5.69 Å². The van der Waals surface area contributed by atoms with Crippen molar-refractivity contribution in [2.75, 3.05) is 60.9 Å². The molecule has 8 nitrogen and oxygen atoms in total. The molecule has 0 bridgehead atoms. The second kappa shape index (κ2) is 9.78. The minimum Gasteiger partial charge on any atom is -0.372 e. The van der Waals surface area contributed by atoms with Gasteiger partial charge in [-0.1, -0.05) is 12.1 Å². The molecule has 31 heavy (non-hydrogen) atoms. The van der Waals surface area contributed by atoms with E-state index in [4.69, 9.17) is 0 Å². The van der Waals surface area contributed by atoms with Crippen LogP contribution in [0.4, 0.5) is 22.7 Å². The molecule has 2 aliphatic rings. The van der Waals surface area contributed by atoms with E-state index in [9.17, 15) is 14.9 Å². The molecule has 0 atom stereocenters. The molecular formula is C23H29N5O3. The summed E-state index contributed by atoms with van der Waals surface area (Å²) in [5, 5.41) is 14.3. The second-order valence-electron chi connectivity index (χ2n) is 8.15. The van der Waals surface area contributed by atoms with Crippen LogP contribution in [0.15, 0.2) is 48.5 Å². The second-order valence-corrected chi connectivity index (χ2v) is 8.15. The van der Waals surface area contributed by atoms with Crippen LogP contribution in [0.25, 0.3) is 0 Å². The Morgan fingerprint density at radius 2 is 1.55 bits per heavy atom. The van der Waals surface area contributed by atoms with Gasteiger partial charge < -0.3 is 15.1 Å². The highest BCUT2D eigenvalue weighted by Crippen LogP contribution is 2.28. The van der Waals surface area contributed by atoms with Crippen molar-refractivity contribution in [1.82, 2.24) is 4.90 Å². The predicted molar refractivity (Wildman–Crippen MR) is 123 cm³/mol. The van der Waals surface area contributed by atoms with E-state index >= 15 is 0 Å². The lowest BCUT2D eigenvalue weighted by atomic mass is 10.1. The van der Waals surface area contributed by atoms with Crippen LogP contribution in [0.5, 0.6) is 0 Å².